The van der Waals surface area contributed by atoms with Crippen molar-refractivity contribution in [2.24, 2.45) is 0 Å². The number of aryl methyl sites for hydroxylation is 1. The SMILES string of the molecule is Cc1sc2ncn(C(C)C(=O)Nc3ccc(Cl)cc3)c(=O)c2c1-c1ccccc1. The zero-order valence-electron chi connectivity index (χ0n) is 15.8. The number of nitrogens with one attached hydrogen (secondary N) is 1. The third-order valence-corrected chi connectivity index (χ3v) is 6.05. The standard InChI is InChI=1S/C22H18ClN3O2S/c1-13(20(27)25-17-10-8-16(23)9-11-17)26-12-24-21-19(22(26)28)18(14(2)29-21)15-6-4-3-5-7-15/h3-13H,1-2H3,(H,25,27). The molecule has 1 unspecified atom stereocenters. The lowest BCUT2D eigenvalue weighted by Crippen LogP contribution is -2.31. The maximum Gasteiger partial charge on any atom is 0.263 e. The van der Waals surface area contributed by atoms with Gasteiger partial charge in [-0.15, -0.1) is 11.3 Å². The summed E-state index contributed by atoms with van der Waals surface area (Å²) in [4.78, 5) is 32.2. The van der Waals surface area contributed by atoms with Gasteiger partial charge in [-0.3, -0.25) is 14.2 Å². The fraction of sp³-hybridized carbons (Fsp3) is 0.136. The maximum absolute atomic E-state index is 13.3. The lowest BCUT2D eigenvalue weighted by molar-refractivity contribution is -0.118. The van der Waals surface area contributed by atoms with Crippen molar-refractivity contribution in [1.82, 2.24) is 9.55 Å². The van der Waals surface area contributed by atoms with E-state index in [9.17, 15) is 9.59 Å². The number of fused-ring (bicyclic) bond motifs is 1. The highest BCUT2D eigenvalue weighted by molar-refractivity contribution is 7.19. The Hall–Kier alpha value is -2.96. The molecule has 0 aliphatic carbocycles. The fourth-order valence-electron chi connectivity index (χ4n) is 3.25. The molecule has 1 atom stereocenters. The van der Waals surface area contributed by atoms with Crippen LogP contribution in [-0.4, -0.2) is 15.5 Å². The minimum atomic E-state index is -0.723. The van der Waals surface area contributed by atoms with Gasteiger partial charge in [0.25, 0.3) is 5.56 Å². The van der Waals surface area contributed by atoms with Gasteiger partial charge in [-0.1, -0.05) is 41.9 Å². The van der Waals surface area contributed by atoms with Crippen LogP contribution in [-0.2, 0) is 4.79 Å². The van der Waals surface area contributed by atoms with Gasteiger partial charge >= 0.3 is 0 Å². The minimum absolute atomic E-state index is 0.225. The van der Waals surface area contributed by atoms with E-state index in [-0.39, 0.29) is 11.5 Å². The monoisotopic (exact) mass is 423 g/mol. The zero-order valence-corrected chi connectivity index (χ0v) is 17.4. The molecule has 4 aromatic rings. The number of hydrogen-bond acceptors (Lipinski definition) is 4. The van der Waals surface area contributed by atoms with Crippen molar-refractivity contribution in [3.63, 3.8) is 0 Å². The van der Waals surface area contributed by atoms with Gasteiger partial charge in [0.05, 0.1) is 11.7 Å². The van der Waals surface area contributed by atoms with Gasteiger partial charge in [0.2, 0.25) is 5.91 Å². The smallest absolute Gasteiger partial charge is 0.263 e. The molecule has 2 aromatic carbocycles. The van der Waals surface area contributed by atoms with Crippen molar-refractivity contribution in [2.45, 2.75) is 19.9 Å². The topological polar surface area (TPSA) is 64.0 Å². The van der Waals surface area contributed by atoms with Gasteiger partial charge in [0.15, 0.2) is 0 Å². The molecule has 0 radical (unpaired) electrons. The lowest BCUT2D eigenvalue weighted by atomic mass is 10.0. The van der Waals surface area contributed by atoms with Gasteiger partial charge in [-0.25, -0.2) is 4.98 Å². The number of hydrogen-bond donors (Lipinski definition) is 1. The Labute approximate surface area is 176 Å². The highest BCUT2D eigenvalue weighted by atomic mass is 35.5. The zero-order chi connectivity index (χ0) is 20.5. The first-order valence-corrected chi connectivity index (χ1v) is 10.3. The third kappa shape index (κ3) is 3.69. The van der Waals surface area contributed by atoms with Crippen LogP contribution < -0.4 is 10.9 Å². The molecule has 0 aliphatic rings. The van der Waals surface area contributed by atoms with E-state index in [1.807, 2.05) is 37.3 Å². The molecule has 2 aromatic heterocycles. The predicted molar refractivity (Wildman–Crippen MR) is 119 cm³/mol. The molecule has 2 heterocycles. The Bertz CT molecular complexity index is 1250. The van der Waals surface area contributed by atoms with Crippen LogP contribution in [0.2, 0.25) is 5.02 Å². The Morgan fingerprint density at radius 3 is 2.52 bits per heavy atom. The summed E-state index contributed by atoms with van der Waals surface area (Å²) in [5, 5.41) is 3.95. The molecule has 4 rings (SSSR count). The Morgan fingerprint density at radius 1 is 1.14 bits per heavy atom. The van der Waals surface area contributed by atoms with Crippen LogP contribution in [0, 0.1) is 6.92 Å². The van der Waals surface area contributed by atoms with Crippen molar-refractivity contribution in [3.8, 4) is 11.1 Å². The largest absolute Gasteiger partial charge is 0.324 e. The lowest BCUT2D eigenvalue weighted by Gasteiger charge is -2.15. The number of rotatable bonds is 4. The molecule has 0 spiro atoms. The van der Waals surface area contributed by atoms with E-state index in [0.717, 1.165) is 16.0 Å². The molecule has 0 bridgehead atoms. The van der Waals surface area contributed by atoms with Gasteiger partial charge in [-0.05, 0) is 43.7 Å². The van der Waals surface area contributed by atoms with Crippen molar-refractivity contribution in [3.05, 3.63) is 81.2 Å². The molecule has 1 amide bonds. The average Bonchev–Trinajstić information content (AvgIpc) is 3.07. The van der Waals surface area contributed by atoms with Crippen LogP contribution in [0.3, 0.4) is 0 Å². The summed E-state index contributed by atoms with van der Waals surface area (Å²) in [6, 6.07) is 15.9. The number of thiophene rings is 1. The molecular formula is C22H18ClN3O2S. The van der Waals surface area contributed by atoms with Gasteiger partial charge < -0.3 is 5.32 Å². The summed E-state index contributed by atoms with van der Waals surface area (Å²) in [5.41, 5.74) is 2.23. The summed E-state index contributed by atoms with van der Waals surface area (Å²) in [6.45, 7) is 3.66. The molecule has 7 heteroatoms. The summed E-state index contributed by atoms with van der Waals surface area (Å²) in [5.74, 6) is -0.302. The molecule has 0 fully saturated rings. The second-order valence-electron chi connectivity index (χ2n) is 6.71. The number of benzene rings is 2. The summed E-state index contributed by atoms with van der Waals surface area (Å²) < 4.78 is 1.38. The molecule has 0 saturated heterocycles. The molecule has 29 heavy (non-hydrogen) atoms. The van der Waals surface area contributed by atoms with Crippen LogP contribution in [0.4, 0.5) is 5.69 Å². The molecule has 0 saturated carbocycles. The van der Waals surface area contributed by atoms with Crippen molar-refractivity contribution < 1.29 is 4.79 Å². The first-order valence-electron chi connectivity index (χ1n) is 9.08. The number of anilines is 1. The van der Waals surface area contributed by atoms with Crippen LogP contribution in [0.25, 0.3) is 21.3 Å². The number of carbonyl (C=O) groups excluding carboxylic acids is 1. The second kappa shape index (κ2) is 7.81. The average molecular weight is 424 g/mol. The van der Waals surface area contributed by atoms with Gasteiger partial charge in [-0.2, -0.15) is 0 Å². The Morgan fingerprint density at radius 2 is 1.83 bits per heavy atom. The van der Waals surface area contributed by atoms with Gasteiger partial charge in [0, 0.05) is 21.2 Å². The second-order valence-corrected chi connectivity index (χ2v) is 8.35. The van der Waals surface area contributed by atoms with E-state index in [0.29, 0.717) is 20.9 Å². The third-order valence-electron chi connectivity index (χ3n) is 4.78. The first kappa shape index (κ1) is 19.4. The Balaban J connectivity index is 1.74. The van der Waals surface area contributed by atoms with Crippen LogP contribution >= 0.6 is 22.9 Å². The summed E-state index contributed by atoms with van der Waals surface area (Å²) >= 11 is 7.37. The van der Waals surface area contributed by atoms with Crippen LogP contribution in [0.15, 0.2) is 65.7 Å². The van der Waals surface area contributed by atoms with E-state index in [2.05, 4.69) is 10.3 Å². The van der Waals surface area contributed by atoms with Crippen LogP contribution in [0.1, 0.15) is 17.8 Å². The first-order chi connectivity index (χ1) is 14.0. The number of amides is 1. The Kier molecular flexibility index (Phi) is 5.22. The highest BCUT2D eigenvalue weighted by Crippen LogP contribution is 2.35. The number of nitrogens with zero attached hydrogens (tertiary/aromatic N) is 2. The highest BCUT2D eigenvalue weighted by Gasteiger charge is 2.21. The quantitative estimate of drug-likeness (QED) is 0.485. The van der Waals surface area contributed by atoms with Crippen molar-refractivity contribution >= 4 is 44.7 Å². The van der Waals surface area contributed by atoms with Crippen molar-refractivity contribution in [1.29, 1.82) is 0 Å². The molecule has 0 aliphatic heterocycles. The molecule has 1 N–H and O–H groups in total. The van der Waals surface area contributed by atoms with E-state index in [1.165, 1.54) is 22.2 Å². The maximum atomic E-state index is 13.3. The van der Waals surface area contributed by atoms with E-state index < -0.39 is 6.04 Å². The minimum Gasteiger partial charge on any atom is -0.324 e. The number of halogens is 1. The van der Waals surface area contributed by atoms with Crippen molar-refractivity contribution in [2.75, 3.05) is 5.32 Å². The van der Waals surface area contributed by atoms with Crippen LogP contribution in [0.5, 0.6) is 0 Å². The number of aromatic nitrogens is 2. The normalized spacial score (nSPS) is 12.1. The summed E-state index contributed by atoms with van der Waals surface area (Å²) in [6.07, 6.45) is 1.45. The summed E-state index contributed by atoms with van der Waals surface area (Å²) in [7, 11) is 0. The van der Waals surface area contributed by atoms with E-state index in [1.54, 1.807) is 31.2 Å². The molecule has 5 nitrogen and oxygen atoms in total. The number of carbonyl (C=O) groups is 1. The van der Waals surface area contributed by atoms with E-state index in [4.69, 9.17) is 11.6 Å². The van der Waals surface area contributed by atoms with Gasteiger partial charge in [0.1, 0.15) is 10.9 Å². The van der Waals surface area contributed by atoms with E-state index >= 15 is 0 Å². The predicted octanol–water partition coefficient (Wildman–Crippen LogP) is 5.29. The molecule has 146 valence electrons. The molecular weight excluding hydrogens is 406 g/mol. The fourth-order valence-corrected chi connectivity index (χ4v) is 4.38.